The van der Waals surface area contributed by atoms with Crippen LogP contribution in [0.25, 0.3) is 0 Å². The van der Waals surface area contributed by atoms with Crippen LogP contribution in [-0.2, 0) is 24.7 Å². The molecule has 0 amide bonds. The third-order valence-electron chi connectivity index (χ3n) is 6.09. The normalized spacial score (nSPS) is 24.6. The van der Waals surface area contributed by atoms with E-state index in [1.807, 2.05) is 13.0 Å². The molecular weight excluding hydrogens is 434 g/mol. The van der Waals surface area contributed by atoms with Crippen molar-refractivity contribution in [3.05, 3.63) is 23.4 Å². The van der Waals surface area contributed by atoms with Crippen molar-refractivity contribution in [1.29, 1.82) is 0 Å². The molecule has 2 heterocycles. The number of ether oxygens (including phenoxy) is 5. The zero-order valence-electron chi connectivity index (χ0n) is 22.0. The highest BCUT2D eigenvalue weighted by Crippen LogP contribution is 2.42. The Bertz CT molecular complexity index is 687. The number of aliphatic hydroxyl groups is 1. The van der Waals surface area contributed by atoms with Crippen molar-refractivity contribution in [3.8, 4) is 5.88 Å². The summed E-state index contributed by atoms with van der Waals surface area (Å²) in [5.41, 5.74) is 1.40. The molecule has 0 spiro atoms. The fourth-order valence-electron chi connectivity index (χ4n) is 3.93. The third kappa shape index (κ3) is 8.16. The second kappa shape index (κ2) is 15.7. The maximum atomic E-state index is 11.9. The minimum Gasteiger partial charge on any atom is -0.477 e. The van der Waals surface area contributed by atoms with Crippen LogP contribution < -0.4 is 4.74 Å². The zero-order chi connectivity index (χ0) is 24.8. The van der Waals surface area contributed by atoms with Gasteiger partial charge in [0.2, 0.25) is 11.7 Å². The third-order valence-corrected chi connectivity index (χ3v) is 6.09. The van der Waals surface area contributed by atoms with E-state index in [2.05, 4.69) is 32.7 Å². The van der Waals surface area contributed by atoms with Gasteiger partial charge in [0.15, 0.2) is 0 Å². The van der Waals surface area contributed by atoms with Gasteiger partial charge in [0.25, 0.3) is 0 Å². The molecule has 1 saturated heterocycles. The molecule has 1 aromatic rings. The molecule has 1 fully saturated rings. The van der Waals surface area contributed by atoms with Gasteiger partial charge >= 0.3 is 0 Å². The molecule has 0 aromatic carbocycles. The van der Waals surface area contributed by atoms with E-state index in [0.717, 1.165) is 56.9 Å². The first-order chi connectivity index (χ1) is 16.5. The van der Waals surface area contributed by atoms with E-state index in [1.54, 1.807) is 6.20 Å². The first kappa shape index (κ1) is 29.0. The molecule has 0 bridgehead atoms. The summed E-state index contributed by atoms with van der Waals surface area (Å²) >= 11 is 0. The van der Waals surface area contributed by atoms with Gasteiger partial charge in [-0.1, -0.05) is 53.4 Å². The number of hydrogen-bond donors (Lipinski definition) is 1. The van der Waals surface area contributed by atoms with E-state index >= 15 is 0 Å². The van der Waals surface area contributed by atoms with Gasteiger partial charge in [-0.15, -0.1) is 0 Å². The van der Waals surface area contributed by atoms with Gasteiger partial charge in [0.1, 0.15) is 18.3 Å². The molecule has 34 heavy (non-hydrogen) atoms. The van der Waals surface area contributed by atoms with Crippen molar-refractivity contribution in [3.63, 3.8) is 0 Å². The minimum absolute atomic E-state index is 0.345. The van der Waals surface area contributed by atoms with Crippen LogP contribution in [0.2, 0.25) is 0 Å². The molecular formula is C27H47NO6. The van der Waals surface area contributed by atoms with Gasteiger partial charge in [0.05, 0.1) is 13.2 Å². The number of aryl methyl sites for hydroxylation is 1. The molecule has 2 rings (SSSR count). The predicted octanol–water partition coefficient (Wildman–Crippen LogP) is 5.30. The maximum Gasteiger partial charge on any atom is 0.224 e. The second-order valence-electron chi connectivity index (χ2n) is 9.16. The lowest BCUT2D eigenvalue weighted by Gasteiger charge is -2.31. The van der Waals surface area contributed by atoms with Gasteiger partial charge in [0, 0.05) is 37.1 Å². The van der Waals surface area contributed by atoms with Gasteiger partial charge < -0.3 is 28.8 Å². The molecule has 4 atom stereocenters. The number of rotatable bonds is 18. The van der Waals surface area contributed by atoms with Crippen LogP contribution in [0, 0.1) is 6.92 Å². The summed E-state index contributed by atoms with van der Waals surface area (Å²) in [5.74, 6) is -1.10. The Morgan fingerprint density at radius 3 is 2.18 bits per heavy atom. The lowest BCUT2D eigenvalue weighted by molar-refractivity contribution is -0.251. The largest absolute Gasteiger partial charge is 0.477 e. The number of aromatic nitrogens is 1. The monoisotopic (exact) mass is 481 g/mol. The number of hydrogen-bond acceptors (Lipinski definition) is 7. The summed E-state index contributed by atoms with van der Waals surface area (Å²) in [4.78, 5) is 4.49. The molecule has 0 aliphatic carbocycles. The minimum atomic E-state index is -1.68. The van der Waals surface area contributed by atoms with Crippen molar-refractivity contribution in [2.24, 2.45) is 0 Å². The highest BCUT2D eigenvalue weighted by molar-refractivity contribution is 5.32. The molecule has 0 radical (unpaired) electrons. The van der Waals surface area contributed by atoms with E-state index < -0.39 is 24.1 Å². The van der Waals surface area contributed by atoms with Crippen molar-refractivity contribution in [2.75, 3.05) is 33.0 Å². The average Bonchev–Trinajstić information content (AvgIpc) is 3.10. The molecule has 7 nitrogen and oxygen atoms in total. The summed E-state index contributed by atoms with van der Waals surface area (Å²) in [6.45, 7) is 13.2. The fraction of sp³-hybridized carbons (Fsp3) is 0.815. The van der Waals surface area contributed by atoms with E-state index in [-0.39, 0.29) is 0 Å². The molecule has 2 unspecified atom stereocenters. The SMILES string of the molecule is CCCCOC[C@H]1OC(O)(c2cnc(OCCCC)c(C)c2)C(OCCCC)[C@H]1OCCCC. The van der Waals surface area contributed by atoms with Crippen molar-refractivity contribution in [2.45, 2.75) is 110 Å². The summed E-state index contributed by atoms with van der Waals surface area (Å²) in [5, 5.41) is 11.9. The zero-order valence-corrected chi connectivity index (χ0v) is 22.0. The maximum absolute atomic E-state index is 11.9. The van der Waals surface area contributed by atoms with Gasteiger partial charge in [-0.05, 0) is 38.7 Å². The molecule has 1 aromatic heterocycles. The molecule has 1 aliphatic heterocycles. The van der Waals surface area contributed by atoms with Gasteiger partial charge in [-0.25, -0.2) is 4.98 Å². The Kier molecular flexibility index (Phi) is 13.4. The molecule has 196 valence electrons. The Labute approximate surface area is 206 Å². The first-order valence-corrected chi connectivity index (χ1v) is 13.3. The average molecular weight is 482 g/mol. The Balaban J connectivity index is 2.29. The highest BCUT2D eigenvalue weighted by Gasteiger charge is 2.57. The molecule has 7 heteroatoms. The van der Waals surface area contributed by atoms with Gasteiger partial charge in [-0.2, -0.15) is 0 Å². The number of pyridine rings is 1. The highest BCUT2D eigenvalue weighted by atomic mass is 16.7. The Hall–Kier alpha value is -1.25. The van der Waals surface area contributed by atoms with E-state index in [9.17, 15) is 5.11 Å². The van der Waals surface area contributed by atoms with Crippen molar-refractivity contribution in [1.82, 2.24) is 4.98 Å². The smallest absolute Gasteiger partial charge is 0.224 e. The summed E-state index contributed by atoms with van der Waals surface area (Å²) < 4.78 is 30.5. The van der Waals surface area contributed by atoms with E-state index in [4.69, 9.17) is 23.7 Å². The van der Waals surface area contributed by atoms with Crippen molar-refractivity contribution >= 4 is 0 Å². The van der Waals surface area contributed by atoms with Crippen LogP contribution in [0.3, 0.4) is 0 Å². The standard InChI is InChI=1S/C27H47NO6/c1-6-10-14-30-20-23-24(31-15-11-7-2)25(32-16-12-8-3)27(29,34-23)22-18-21(5)26(28-19-22)33-17-13-9-4/h18-19,23-25,29H,6-17,20H2,1-5H3/t23-,24+,25?,27?/m1/s1. The quantitative estimate of drug-likeness (QED) is 0.285. The number of unbranched alkanes of at least 4 members (excludes halogenated alkanes) is 4. The second-order valence-corrected chi connectivity index (χ2v) is 9.16. The molecule has 0 saturated carbocycles. The molecule has 1 aliphatic rings. The lowest BCUT2D eigenvalue weighted by atomic mass is 9.97. The van der Waals surface area contributed by atoms with Crippen LogP contribution in [-0.4, -0.2) is 61.4 Å². The van der Waals surface area contributed by atoms with Gasteiger partial charge in [-0.3, -0.25) is 0 Å². The van der Waals surface area contributed by atoms with Crippen LogP contribution in [0.5, 0.6) is 5.88 Å². The van der Waals surface area contributed by atoms with E-state index in [0.29, 0.717) is 44.5 Å². The predicted molar refractivity (Wildman–Crippen MR) is 133 cm³/mol. The summed E-state index contributed by atoms with van der Waals surface area (Å²) in [7, 11) is 0. The van der Waals surface area contributed by atoms with Crippen LogP contribution >= 0.6 is 0 Å². The van der Waals surface area contributed by atoms with E-state index in [1.165, 1.54) is 0 Å². The Morgan fingerprint density at radius 1 is 0.912 bits per heavy atom. The Morgan fingerprint density at radius 2 is 1.53 bits per heavy atom. The topological polar surface area (TPSA) is 79.3 Å². The van der Waals surface area contributed by atoms with Crippen LogP contribution in [0.15, 0.2) is 12.3 Å². The first-order valence-electron chi connectivity index (χ1n) is 13.3. The van der Waals surface area contributed by atoms with Crippen LogP contribution in [0.4, 0.5) is 0 Å². The lowest BCUT2D eigenvalue weighted by Crippen LogP contribution is -2.44. The summed E-state index contributed by atoms with van der Waals surface area (Å²) in [6, 6.07) is 1.88. The summed E-state index contributed by atoms with van der Waals surface area (Å²) in [6.07, 6.45) is 8.02. The molecule has 1 N–H and O–H groups in total. The number of nitrogens with zero attached hydrogens (tertiary/aromatic N) is 1. The fourth-order valence-corrected chi connectivity index (χ4v) is 3.93. The van der Waals surface area contributed by atoms with Crippen LogP contribution in [0.1, 0.15) is 90.2 Å². The van der Waals surface area contributed by atoms with Crippen molar-refractivity contribution < 1.29 is 28.8 Å².